The third-order valence-electron chi connectivity index (χ3n) is 5.75. The van der Waals surface area contributed by atoms with Crippen molar-refractivity contribution in [3.8, 4) is 17.6 Å². The molecule has 0 atom stereocenters. The van der Waals surface area contributed by atoms with Crippen LogP contribution in [0.4, 0.5) is 10.1 Å². The Morgan fingerprint density at radius 2 is 1.84 bits per heavy atom. The Labute approximate surface area is 219 Å². The highest BCUT2D eigenvalue weighted by atomic mass is 35.5. The van der Waals surface area contributed by atoms with E-state index < -0.39 is 11.7 Å². The lowest BCUT2D eigenvalue weighted by Gasteiger charge is -2.16. The SMILES string of the molecule is CCOc1cc(/C=C(\C#N)C(=O)Nc2ccc(F)cc2)cc(Cl)c1OCc1c(C)ccc2ccccc12. The molecule has 0 aliphatic carbocycles. The van der Waals surface area contributed by atoms with Gasteiger partial charge in [0.05, 0.1) is 11.6 Å². The number of rotatable bonds is 8. The second-order valence-corrected chi connectivity index (χ2v) is 8.67. The van der Waals surface area contributed by atoms with Gasteiger partial charge in [-0.25, -0.2) is 4.39 Å². The summed E-state index contributed by atoms with van der Waals surface area (Å²) in [4.78, 5) is 12.6. The van der Waals surface area contributed by atoms with E-state index >= 15 is 0 Å². The summed E-state index contributed by atoms with van der Waals surface area (Å²) in [5.74, 6) is -0.280. The molecule has 0 saturated carbocycles. The topological polar surface area (TPSA) is 71.3 Å². The van der Waals surface area contributed by atoms with Crippen molar-refractivity contribution in [1.82, 2.24) is 0 Å². The summed E-state index contributed by atoms with van der Waals surface area (Å²) in [5.41, 5.74) is 2.85. The number of nitriles is 1. The molecule has 4 aromatic carbocycles. The van der Waals surface area contributed by atoms with Crippen LogP contribution in [0.1, 0.15) is 23.6 Å². The van der Waals surface area contributed by atoms with E-state index in [9.17, 15) is 14.4 Å². The number of hydrogen-bond acceptors (Lipinski definition) is 4. The van der Waals surface area contributed by atoms with Crippen LogP contribution in [-0.4, -0.2) is 12.5 Å². The average molecular weight is 515 g/mol. The predicted octanol–water partition coefficient (Wildman–Crippen LogP) is 7.46. The summed E-state index contributed by atoms with van der Waals surface area (Å²) in [7, 11) is 0. The standard InChI is InChI=1S/C30H24ClFN2O3/c1-3-36-28-16-20(14-22(17-33)30(35)34-24-12-10-23(32)11-13-24)15-27(31)29(28)37-18-26-19(2)8-9-21-6-4-5-7-25(21)26/h4-16H,3,18H2,1-2H3,(H,34,35)/b22-14+. The minimum absolute atomic E-state index is 0.150. The molecule has 7 heteroatoms. The van der Waals surface area contributed by atoms with Gasteiger partial charge in [-0.2, -0.15) is 5.26 Å². The Bertz CT molecular complexity index is 1520. The molecule has 1 amide bonds. The highest BCUT2D eigenvalue weighted by Gasteiger charge is 2.16. The molecule has 0 aliphatic heterocycles. The van der Waals surface area contributed by atoms with Crippen molar-refractivity contribution in [2.24, 2.45) is 0 Å². The molecule has 186 valence electrons. The summed E-state index contributed by atoms with van der Waals surface area (Å²) >= 11 is 6.59. The van der Waals surface area contributed by atoms with Crippen LogP contribution >= 0.6 is 11.6 Å². The van der Waals surface area contributed by atoms with Gasteiger partial charge in [-0.05, 0) is 78.2 Å². The number of halogens is 2. The van der Waals surface area contributed by atoms with E-state index in [0.717, 1.165) is 21.9 Å². The summed E-state index contributed by atoms with van der Waals surface area (Å²) in [6.07, 6.45) is 1.41. The predicted molar refractivity (Wildman–Crippen MR) is 144 cm³/mol. The van der Waals surface area contributed by atoms with E-state index in [1.165, 1.54) is 30.3 Å². The maximum absolute atomic E-state index is 13.1. The molecular weight excluding hydrogens is 491 g/mol. The van der Waals surface area contributed by atoms with E-state index in [-0.39, 0.29) is 17.2 Å². The number of carbonyl (C=O) groups excluding carboxylic acids is 1. The fourth-order valence-corrected chi connectivity index (χ4v) is 4.18. The highest BCUT2D eigenvalue weighted by molar-refractivity contribution is 6.32. The van der Waals surface area contributed by atoms with Gasteiger partial charge in [0.2, 0.25) is 0 Å². The number of carbonyl (C=O) groups is 1. The minimum Gasteiger partial charge on any atom is -0.490 e. The quantitative estimate of drug-likeness (QED) is 0.195. The number of nitrogens with one attached hydrogen (secondary N) is 1. The molecule has 0 bridgehead atoms. The first-order valence-corrected chi connectivity index (χ1v) is 12.0. The maximum Gasteiger partial charge on any atom is 0.266 e. The van der Waals surface area contributed by atoms with E-state index in [1.807, 2.05) is 32.0 Å². The Kier molecular flexibility index (Phi) is 8.07. The second kappa shape index (κ2) is 11.6. The summed E-state index contributed by atoms with van der Waals surface area (Å²) < 4.78 is 25.1. The van der Waals surface area contributed by atoms with Crippen LogP contribution in [-0.2, 0) is 11.4 Å². The molecule has 5 nitrogen and oxygen atoms in total. The smallest absolute Gasteiger partial charge is 0.266 e. The zero-order valence-corrected chi connectivity index (χ0v) is 21.1. The molecule has 4 aromatic rings. The van der Waals surface area contributed by atoms with Crippen LogP contribution < -0.4 is 14.8 Å². The number of ether oxygens (including phenoxy) is 2. The molecule has 0 aromatic heterocycles. The summed E-state index contributed by atoms with van der Waals surface area (Å²) in [5, 5.41) is 14.6. The van der Waals surface area contributed by atoms with Crippen molar-refractivity contribution in [3.05, 3.63) is 106 Å². The molecule has 0 heterocycles. The number of fused-ring (bicyclic) bond motifs is 1. The van der Waals surface area contributed by atoms with Crippen LogP contribution in [0.25, 0.3) is 16.8 Å². The lowest BCUT2D eigenvalue weighted by atomic mass is 10.0. The van der Waals surface area contributed by atoms with Crippen LogP contribution in [0.5, 0.6) is 11.5 Å². The van der Waals surface area contributed by atoms with Gasteiger partial charge in [0, 0.05) is 11.3 Å². The first-order chi connectivity index (χ1) is 17.9. The normalized spacial score (nSPS) is 11.2. The van der Waals surface area contributed by atoms with Gasteiger partial charge in [-0.15, -0.1) is 0 Å². The average Bonchev–Trinajstić information content (AvgIpc) is 2.89. The van der Waals surface area contributed by atoms with Gasteiger partial charge in [0.25, 0.3) is 5.91 Å². The Morgan fingerprint density at radius 3 is 2.57 bits per heavy atom. The maximum atomic E-state index is 13.1. The minimum atomic E-state index is -0.630. The van der Waals surface area contributed by atoms with Gasteiger partial charge < -0.3 is 14.8 Å². The van der Waals surface area contributed by atoms with Crippen molar-refractivity contribution in [2.45, 2.75) is 20.5 Å². The third kappa shape index (κ3) is 6.08. The van der Waals surface area contributed by atoms with Gasteiger partial charge in [0.15, 0.2) is 11.5 Å². The van der Waals surface area contributed by atoms with Crippen molar-refractivity contribution >= 4 is 40.0 Å². The summed E-state index contributed by atoms with van der Waals surface area (Å²) in [6, 6.07) is 22.7. The molecule has 0 fully saturated rings. The second-order valence-electron chi connectivity index (χ2n) is 8.26. The van der Waals surface area contributed by atoms with Gasteiger partial charge >= 0.3 is 0 Å². The van der Waals surface area contributed by atoms with E-state index in [0.29, 0.717) is 29.4 Å². The fraction of sp³-hybridized carbons (Fsp3) is 0.133. The molecule has 0 saturated heterocycles. The van der Waals surface area contributed by atoms with E-state index in [2.05, 4.69) is 29.6 Å². The number of benzene rings is 4. The van der Waals surface area contributed by atoms with Gasteiger partial charge in [-0.3, -0.25) is 4.79 Å². The zero-order valence-electron chi connectivity index (χ0n) is 20.3. The molecule has 0 aliphatic rings. The van der Waals surface area contributed by atoms with Gasteiger partial charge in [-0.1, -0.05) is 48.0 Å². The van der Waals surface area contributed by atoms with Crippen molar-refractivity contribution in [2.75, 3.05) is 11.9 Å². The van der Waals surface area contributed by atoms with Crippen LogP contribution in [0.15, 0.2) is 78.4 Å². The molecule has 1 N–H and O–H groups in total. The van der Waals surface area contributed by atoms with Crippen LogP contribution in [0.2, 0.25) is 5.02 Å². The lowest BCUT2D eigenvalue weighted by Crippen LogP contribution is -2.13. The lowest BCUT2D eigenvalue weighted by molar-refractivity contribution is -0.112. The Balaban J connectivity index is 1.61. The Morgan fingerprint density at radius 1 is 1.08 bits per heavy atom. The summed E-state index contributed by atoms with van der Waals surface area (Å²) in [6.45, 7) is 4.52. The first-order valence-electron chi connectivity index (χ1n) is 11.6. The van der Waals surface area contributed by atoms with E-state index in [1.54, 1.807) is 12.1 Å². The highest BCUT2D eigenvalue weighted by Crippen LogP contribution is 2.38. The number of anilines is 1. The van der Waals surface area contributed by atoms with E-state index in [4.69, 9.17) is 21.1 Å². The number of nitrogens with zero attached hydrogens (tertiary/aromatic N) is 1. The van der Waals surface area contributed by atoms with Crippen LogP contribution in [0.3, 0.4) is 0 Å². The largest absolute Gasteiger partial charge is 0.490 e. The number of hydrogen-bond donors (Lipinski definition) is 1. The van der Waals surface area contributed by atoms with Crippen molar-refractivity contribution in [3.63, 3.8) is 0 Å². The number of amides is 1. The molecule has 0 spiro atoms. The molecule has 0 unspecified atom stereocenters. The van der Waals surface area contributed by atoms with Crippen LogP contribution in [0, 0.1) is 24.1 Å². The zero-order chi connectivity index (χ0) is 26.4. The Hall–Kier alpha value is -4.34. The first kappa shape index (κ1) is 25.7. The fourth-order valence-electron chi connectivity index (χ4n) is 3.90. The number of aryl methyl sites for hydroxylation is 1. The van der Waals surface area contributed by atoms with Gasteiger partial charge in [0.1, 0.15) is 24.1 Å². The molecule has 0 radical (unpaired) electrons. The molecular formula is C30H24ClFN2O3. The molecule has 37 heavy (non-hydrogen) atoms. The third-order valence-corrected chi connectivity index (χ3v) is 6.03. The van der Waals surface area contributed by atoms with Crippen molar-refractivity contribution < 1.29 is 18.7 Å². The monoisotopic (exact) mass is 514 g/mol. The molecule has 4 rings (SSSR count). The van der Waals surface area contributed by atoms with Crippen molar-refractivity contribution in [1.29, 1.82) is 5.26 Å².